The van der Waals surface area contributed by atoms with Crippen molar-refractivity contribution < 1.29 is 20.1 Å². The van der Waals surface area contributed by atoms with Crippen LogP contribution < -0.4 is 4.74 Å². The predicted octanol–water partition coefficient (Wildman–Crippen LogP) is 1.63. The number of rotatable bonds is 0. The van der Waals surface area contributed by atoms with Crippen LogP contribution in [0.5, 0.6) is 11.5 Å². The highest BCUT2D eigenvalue weighted by Crippen LogP contribution is 2.67. The molecule has 1 aromatic carbocycles. The van der Waals surface area contributed by atoms with E-state index in [1.165, 1.54) is 5.56 Å². The summed E-state index contributed by atoms with van der Waals surface area (Å²) in [5.74, 6) is 0.890. The lowest BCUT2D eigenvalue weighted by Gasteiger charge is -2.61. The zero-order valence-corrected chi connectivity index (χ0v) is 11.9. The summed E-state index contributed by atoms with van der Waals surface area (Å²) in [5, 5.41) is 32.2. The fraction of sp³-hybridized carbons (Fsp3) is 0.647. The van der Waals surface area contributed by atoms with Crippen molar-refractivity contribution in [3.05, 3.63) is 23.3 Å². The standard InChI is InChI=1S/C17H20O4/c18-11-4-3-9-8-10-2-1-6-16-13(9)14(11)21-15(16)12(19)5-7-17(10,16)20/h3-4,10,12,15,18-20H,1-2,5-8H2/t10-,12?,15+,16+,17-/m1/s1. The van der Waals surface area contributed by atoms with Crippen LogP contribution in [0.3, 0.4) is 0 Å². The lowest BCUT2D eigenvalue weighted by molar-refractivity contribution is -0.195. The van der Waals surface area contributed by atoms with Crippen LogP contribution in [0.1, 0.15) is 43.2 Å². The first kappa shape index (κ1) is 12.3. The first-order valence-corrected chi connectivity index (χ1v) is 8.00. The molecule has 1 aromatic rings. The van der Waals surface area contributed by atoms with Gasteiger partial charge in [0.1, 0.15) is 6.10 Å². The quantitative estimate of drug-likeness (QED) is 0.678. The Morgan fingerprint density at radius 1 is 1.19 bits per heavy atom. The SMILES string of the molecule is Oc1ccc2c3c1O[C@H]1C(O)CC[C@@]4(O)[C@H](CCC[C@]314)C2. The Hall–Kier alpha value is -1.26. The van der Waals surface area contributed by atoms with Gasteiger partial charge in [-0.05, 0) is 49.7 Å². The molecule has 112 valence electrons. The first-order chi connectivity index (χ1) is 10.1. The Bertz CT molecular complexity index is 642. The maximum atomic E-state index is 11.5. The van der Waals surface area contributed by atoms with E-state index in [-0.39, 0.29) is 11.7 Å². The molecule has 1 spiro atoms. The molecule has 2 bridgehead atoms. The minimum atomic E-state index is -0.790. The Morgan fingerprint density at radius 2 is 2.05 bits per heavy atom. The highest BCUT2D eigenvalue weighted by molar-refractivity contribution is 5.61. The van der Waals surface area contributed by atoms with Crippen LogP contribution in [0.4, 0.5) is 0 Å². The number of phenolic OH excluding ortho intramolecular Hbond substituents is 1. The van der Waals surface area contributed by atoms with E-state index in [0.717, 1.165) is 31.2 Å². The van der Waals surface area contributed by atoms with Crippen LogP contribution in [-0.2, 0) is 11.8 Å². The normalized spacial score (nSPS) is 45.9. The summed E-state index contributed by atoms with van der Waals surface area (Å²) in [6.07, 6.45) is 4.00. The number of hydrogen-bond acceptors (Lipinski definition) is 4. The topological polar surface area (TPSA) is 69.9 Å². The van der Waals surface area contributed by atoms with Gasteiger partial charge in [-0.15, -0.1) is 0 Å². The van der Waals surface area contributed by atoms with Crippen molar-refractivity contribution in [1.82, 2.24) is 0 Å². The Balaban J connectivity index is 1.87. The molecule has 5 rings (SSSR count). The van der Waals surface area contributed by atoms with E-state index < -0.39 is 23.2 Å². The third-order valence-electron chi connectivity index (χ3n) is 6.61. The molecule has 2 fully saturated rings. The summed E-state index contributed by atoms with van der Waals surface area (Å²) in [4.78, 5) is 0. The molecule has 5 atom stereocenters. The van der Waals surface area contributed by atoms with E-state index >= 15 is 0 Å². The fourth-order valence-electron chi connectivity index (χ4n) is 5.83. The van der Waals surface area contributed by atoms with Crippen LogP contribution in [0.2, 0.25) is 0 Å². The van der Waals surface area contributed by atoms with Gasteiger partial charge in [-0.3, -0.25) is 0 Å². The maximum Gasteiger partial charge on any atom is 0.165 e. The van der Waals surface area contributed by atoms with Crippen molar-refractivity contribution >= 4 is 0 Å². The van der Waals surface area contributed by atoms with Crippen molar-refractivity contribution in [2.24, 2.45) is 5.92 Å². The lowest BCUT2D eigenvalue weighted by atomic mass is 9.45. The van der Waals surface area contributed by atoms with Crippen LogP contribution in [0.25, 0.3) is 0 Å². The molecule has 0 aromatic heterocycles. The Morgan fingerprint density at radius 3 is 2.90 bits per heavy atom. The van der Waals surface area contributed by atoms with Gasteiger partial charge in [-0.25, -0.2) is 0 Å². The Kier molecular flexibility index (Phi) is 2.08. The molecule has 1 aliphatic heterocycles. The molecule has 0 amide bonds. The van der Waals surface area contributed by atoms with Gasteiger partial charge in [0.15, 0.2) is 11.5 Å². The fourth-order valence-corrected chi connectivity index (χ4v) is 5.83. The molecule has 0 radical (unpaired) electrons. The predicted molar refractivity (Wildman–Crippen MR) is 75.4 cm³/mol. The van der Waals surface area contributed by atoms with Crippen LogP contribution in [-0.4, -0.2) is 33.1 Å². The number of phenols is 1. The van der Waals surface area contributed by atoms with Gasteiger partial charge in [0.2, 0.25) is 0 Å². The van der Waals surface area contributed by atoms with Crippen LogP contribution in [0.15, 0.2) is 12.1 Å². The summed E-state index contributed by atoms with van der Waals surface area (Å²) in [6.45, 7) is 0. The van der Waals surface area contributed by atoms with Gasteiger partial charge >= 0.3 is 0 Å². The average molecular weight is 288 g/mol. The third kappa shape index (κ3) is 1.14. The van der Waals surface area contributed by atoms with E-state index in [1.54, 1.807) is 6.07 Å². The lowest BCUT2D eigenvalue weighted by Crippen LogP contribution is -2.70. The number of aliphatic hydroxyl groups is 2. The van der Waals surface area contributed by atoms with Crippen molar-refractivity contribution in [2.45, 2.75) is 61.7 Å². The van der Waals surface area contributed by atoms with E-state index in [1.807, 2.05) is 6.07 Å². The molecule has 1 heterocycles. The van der Waals surface area contributed by atoms with E-state index in [0.29, 0.717) is 18.6 Å². The van der Waals surface area contributed by atoms with E-state index in [9.17, 15) is 15.3 Å². The highest BCUT2D eigenvalue weighted by atomic mass is 16.5. The molecule has 21 heavy (non-hydrogen) atoms. The minimum absolute atomic E-state index is 0.135. The number of benzene rings is 1. The monoisotopic (exact) mass is 288 g/mol. The summed E-state index contributed by atoms with van der Waals surface area (Å²) in [6, 6.07) is 3.66. The van der Waals surface area contributed by atoms with Crippen molar-refractivity contribution in [2.75, 3.05) is 0 Å². The smallest absolute Gasteiger partial charge is 0.165 e. The van der Waals surface area contributed by atoms with Crippen LogP contribution in [0, 0.1) is 5.92 Å². The van der Waals surface area contributed by atoms with Gasteiger partial charge < -0.3 is 20.1 Å². The number of aliphatic hydroxyl groups excluding tert-OH is 1. The molecule has 4 heteroatoms. The molecule has 3 aliphatic carbocycles. The second-order valence-corrected chi connectivity index (χ2v) is 7.28. The van der Waals surface area contributed by atoms with Gasteiger partial charge in [0.05, 0.1) is 17.1 Å². The molecule has 0 saturated heterocycles. The summed E-state index contributed by atoms with van der Waals surface area (Å²) >= 11 is 0. The maximum absolute atomic E-state index is 11.5. The van der Waals surface area contributed by atoms with Crippen LogP contribution >= 0.6 is 0 Å². The van der Waals surface area contributed by atoms with Gasteiger partial charge in [0, 0.05) is 5.56 Å². The largest absolute Gasteiger partial charge is 0.504 e. The van der Waals surface area contributed by atoms with E-state index in [4.69, 9.17) is 4.74 Å². The molecule has 1 unspecified atom stereocenters. The molecule has 3 N–H and O–H groups in total. The summed E-state index contributed by atoms with van der Waals surface area (Å²) < 4.78 is 6.03. The molecule has 2 saturated carbocycles. The van der Waals surface area contributed by atoms with Crippen molar-refractivity contribution in [3.8, 4) is 11.5 Å². The van der Waals surface area contributed by atoms with Gasteiger partial charge in [0.25, 0.3) is 0 Å². The second-order valence-electron chi connectivity index (χ2n) is 7.28. The minimum Gasteiger partial charge on any atom is -0.504 e. The number of hydrogen-bond donors (Lipinski definition) is 3. The highest BCUT2D eigenvalue weighted by Gasteiger charge is 2.71. The summed E-state index contributed by atoms with van der Waals surface area (Å²) in [5.41, 5.74) is 0.870. The van der Waals surface area contributed by atoms with Gasteiger partial charge in [-0.2, -0.15) is 0 Å². The molecule has 4 aliphatic rings. The third-order valence-corrected chi connectivity index (χ3v) is 6.61. The Labute approximate surface area is 123 Å². The zero-order chi connectivity index (χ0) is 14.4. The van der Waals surface area contributed by atoms with Crippen molar-refractivity contribution in [1.29, 1.82) is 0 Å². The first-order valence-electron chi connectivity index (χ1n) is 8.00. The average Bonchev–Trinajstić information content (AvgIpc) is 2.80. The number of aromatic hydroxyl groups is 1. The molecular formula is C17H20O4. The second kappa shape index (κ2) is 3.55. The number of ether oxygens (including phenoxy) is 1. The van der Waals surface area contributed by atoms with Gasteiger partial charge in [-0.1, -0.05) is 12.5 Å². The molecular weight excluding hydrogens is 268 g/mol. The summed E-state index contributed by atoms with van der Waals surface area (Å²) in [7, 11) is 0. The zero-order valence-electron chi connectivity index (χ0n) is 11.9. The van der Waals surface area contributed by atoms with Crippen molar-refractivity contribution in [3.63, 3.8) is 0 Å². The van der Waals surface area contributed by atoms with E-state index in [2.05, 4.69) is 0 Å². The molecule has 4 nitrogen and oxygen atoms in total.